The summed E-state index contributed by atoms with van der Waals surface area (Å²) in [6.45, 7) is 1.12. The van der Waals surface area contributed by atoms with Gasteiger partial charge >= 0.3 is 5.97 Å². The highest BCUT2D eigenvalue weighted by atomic mass is 16.4. The molecule has 138 valence electrons. The molecule has 9 heteroatoms. The SMILES string of the molecule is O=C(O)c1cnn(C2CCN(C(=O)c3cn(-c4ccccc4)nn3)CC2)c1. The highest BCUT2D eigenvalue weighted by Crippen LogP contribution is 2.23. The monoisotopic (exact) mass is 366 g/mol. The summed E-state index contributed by atoms with van der Waals surface area (Å²) in [7, 11) is 0. The van der Waals surface area contributed by atoms with Crippen LogP contribution in [-0.4, -0.2) is 59.7 Å². The maximum absolute atomic E-state index is 12.7. The second-order valence-electron chi connectivity index (χ2n) is 6.42. The fourth-order valence-electron chi connectivity index (χ4n) is 3.21. The van der Waals surface area contributed by atoms with Crippen LogP contribution in [0.2, 0.25) is 0 Å². The highest BCUT2D eigenvalue weighted by molar-refractivity contribution is 5.92. The number of benzene rings is 1. The van der Waals surface area contributed by atoms with E-state index in [0.717, 1.165) is 5.69 Å². The normalized spacial score (nSPS) is 15.0. The molecule has 3 aromatic rings. The lowest BCUT2D eigenvalue weighted by Crippen LogP contribution is -2.39. The largest absolute Gasteiger partial charge is 0.478 e. The van der Waals surface area contributed by atoms with Gasteiger partial charge in [0.05, 0.1) is 29.7 Å². The zero-order valence-electron chi connectivity index (χ0n) is 14.5. The molecule has 9 nitrogen and oxygen atoms in total. The van der Waals surface area contributed by atoms with Crippen molar-refractivity contribution < 1.29 is 14.7 Å². The van der Waals surface area contributed by atoms with E-state index in [2.05, 4.69) is 15.4 Å². The number of likely N-dealkylation sites (tertiary alicyclic amines) is 1. The summed E-state index contributed by atoms with van der Waals surface area (Å²) in [5.74, 6) is -1.14. The molecule has 1 fully saturated rings. The van der Waals surface area contributed by atoms with Gasteiger partial charge in [-0.1, -0.05) is 23.4 Å². The molecule has 1 aromatic carbocycles. The van der Waals surface area contributed by atoms with E-state index in [1.54, 1.807) is 20.5 Å². The summed E-state index contributed by atoms with van der Waals surface area (Å²) in [4.78, 5) is 25.4. The maximum atomic E-state index is 12.7. The summed E-state index contributed by atoms with van der Waals surface area (Å²) in [5.41, 5.74) is 1.33. The van der Waals surface area contributed by atoms with Gasteiger partial charge in [-0.15, -0.1) is 5.10 Å². The fourth-order valence-corrected chi connectivity index (χ4v) is 3.21. The number of para-hydroxylation sites is 1. The van der Waals surface area contributed by atoms with Crippen molar-refractivity contribution in [1.29, 1.82) is 0 Å². The zero-order valence-corrected chi connectivity index (χ0v) is 14.5. The Morgan fingerprint density at radius 1 is 1.07 bits per heavy atom. The molecule has 0 bridgehead atoms. The van der Waals surface area contributed by atoms with Gasteiger partial charge in [0, 0.05) is 19.3 Å². The zero-order chi connectivity index (χ0) is 18.8. The third-order valence-electron chi connectivity index (χ3n) is 4.71. The van der Waals surface area contributed by atoms with Crippen LogP contribution in [-0.2, 0) is 0 Å². The van der Waals surface area contributed by atoms with E-state index in [-0.39, 0.29) is 17.5 Å². The molecule has 0 spiro atoms. The van der Waals surface area contributed by atoms with Crippen molar-refractivity contribution in [2.45, 2.75) is 18.9 Å². The van der Waals surface area contributed by atoms with E-state index < -0.39 is 5.97 Å². The summed E-state index contributed by atoms with van der Waals surface area (Å²) in [5, 5.41) is 21.2. The van der Waals surface area contributed by atoms with Crippen LogP contribution in [0.5, 0.6) is 0 Å². The van der Waals surface area contributed by atoms with Crippen molar-refractivity contribution in [3.05, 3.63) is 60.2 Å². The van der Waals surface area contributed by atoms with E-state index in [4.69, 9.17) is 5.11 Å². The topological polar surface area (TPSA) is 106 Å². The van der Waals surface area contributed by atoms with Gasteiger partial charge < -0.3 is 10.0 Å². The molecule has 1 aliphatic heterocycles. The molecular weight excluding hydrogens is 348 g/mol. The Kier molecular flexibility index (Phi) is 4.41. The first-order chi connectivity index (χ1) is 13.1. The Morgan fingerprint density at radius 2 is 1.81 bits per heavy atom. The van der Waals surface area contributed by atoms with E-state index >= 15 is 0 Å². The highest BCUT2D eigenvalue weighted by Gasteiger charge is 2.27. The second kappa shape index (κ2) is 7.02. The lowest BCUT2D eigenvalue weighted by atomic mass is 10.0. The number of aromatic carboxylic acids is 1. The third kappa shape index (κ3) is 3.43. The molecule has 4 rings (SSSR count). The van der Waals surface area contributed by atoms with Crippen LogP contribution < -0.4 is 0 Å². The summed E-state index contributed by atoms with van der Waals surface area (Å²) in [6, 6.07) is 9.58. The van der Waals surface area contributed by atoms with Crippen molar-refractivity contribution >= 4 is 11.9 Å². The molecule has 0 atom stereocenters. The van der Waals surface area contributed by atoms with Crippen molar-refractivity contribution in [1.82, 2.24) is 29.7 Å². The molecule has 1 N–H and O–H groups in total. The molecule has 3 heterocycles. The molecule has 0 radical (unpaired) electrons. The Hall–Kier alpha value is -3.49. The molecule has 2 aromatic heterocycles. The van der Waals surface area contributed by atoms with Crippen LogP contribution in [0.25, 0.3) is 5.69 Å². The molecule has 1 amide bonds. The van der Waals surface area contributed by atoms with Crippen LogP contribution in [0, 0.1) is 0 Å². The number of hydrogen-bond donors (Lipinski definition) is 1. The van der Waals surface area contributed by atoms with Gasteiger partial charge in [-0.05, 0) is 25.0 Å². The van der Waals surface area contributed by atoms with Crippen molar-refractivity contribution in [2.75, 3.05) is 13.1 Å². The molecule has 0 unspecified atom stereocenters. The van der Waals surface area contributed by atoms with Gasteiger partial charge in [0.25, 0.3) is 5.91 Å². The number of carbonyl (C=O) groups excluding carboxylic acids is 1. The number of piperidine rings is 1. The lowest BCUT2D eigenvalue weighted by molar-refractivity contribution is 0.0683. The van der Waals surface area contributed by atoms with Gasteiger partial charge in [-0.2, -0.15) is 5.10 Å². The number of hydrogen-bond acceptors (Lipinski definition) is 5. The van der Waals surface area contributed by atoms with E-state index in [1.165, 1.54) is 12.4 Å². The van der Waals surface area contributed by atoms with Crippen molar-refractivity contribution in [2.24, 2.45) is 0 Å². The second-order valence-corrected chi connectivity index (χ2v) is 6.42. The molecular formula is C18H18N6O3. The van der Waals surface area contributed by atoms with Crippen LogP contribution in [0.1, 0.15) is 39.7 Å². The molecule has 0 saturated carbocycles. The average Bonchev–Trinajstić information content (AvgIpc) is 3.38. The number of aromatic nitrogens is 5. The van der Waals surface area contributed by atoms with Gasteiger partial charge in [-0.3, -0.25) is 9.48 Å². The summed E-state index contributed by atoms with van der Waals surface area (Å²) < 4.78 is 3.26. The van der Waals surface area contributed by atoms with E-state index in [9.17, 15) is 9.59 Å². The van der Waals surface area contributed by atoms with E-state index in [0.29, 0.717) is 31.6 Å². The predicted octanol–water partition coefficient (Wildman–Crippen LogP) is 1.64. The van der Waals surface area contributed by atoms with Crippen LogP contribution >= 0.6 is 0 Å². The lowest BCUT2D eigenvalue weighted by Gasteiger charge is -2.31. The Bertz CT molecular complexity index is 956. The Morgan fingerprint density at radius 3 is 2.48 bits per heavy atom. The first-order valence-electron chi connectivity index (χ1n) is 8.66. The quantitative estimate of drug-likeness (QED) is 0.752. The number of nitrogens with zero attached hydrogens (tertiary/aromatic N) is 6. The number of carboxylic acid groups (broad SMARTS) is 1. The Labute approximate surface area is 154 Å². The first-order valence-corrected chi connectivity index (χ1v) is 8.66. The van der Waals surface area contributed by atoms with Crippen LogP contribution in [0.4, 0.5) is 0 Å². The maximum Gasteiger partial charge on any atom is 0.338 e. The molecule has 0 aliphatic carbocycles. The third-order valence-corrected chi connectivity index (χ3v) is 4.71. The standard InChI is InChI=1S/C18H18N6O3/c25-17(16-12-24(21-20-16)14-4-2-1-3-5-14)22-8-6-15(7-9-22)23-11-13(10-19-23)18(26)27/h1-5,10-12,15H,6-9H2,(H,26,27). The predicted molar refractivity (Wildman–Crippen MR) is 94.7 cm³/mol. The van der Waals surface area contributed by atoms with Crippen molar-refractivity contribution in [3.63, 3.8) is 0 Å². The minimum absolute atomic E-state index is 0.0853. The minimum atomic E-state index is -0.990. The van der Waals surface area contributed by atoms with Crippen LogP contribution in [0.15, 0.2) is 48.9 Å². The average molecular weight is 366 g/mol. The molecule has 1 saturated heterocycles. The van der Waals surface area contributed by atoms with Gasteiger partial charge in [-0.25, -0.2) is 9.48 Å². The van der Waals surface area contributed by atoms with Gasteiger partial charge in [0.15, 0.2) is 5.69 Å². The van der Waals surface area contributed by atoms with Gasteiger partial charge in [0.2, 0.25) is 0 Å². The smallest absolute Gasteiger partial charge is 0.338 e. The number of carbonyl (C=O) groups is 2. The number of amides is 1. The molecule has 27 heavy (non-hydrogen) atoms. The van der Waals surface area contributed by atoms with Gasteiger partial charge in [0.1, 0.15) is 0 Å². The number of rotatable bonds is 4. The minimum Gasteiger partial charge on any atom is -0.478 e. The van der Waals surface area contributed by atoms with Crippen molar-refractivity contribution in [3.8, 4) is 5.69 Å². The van der Waals surface area contributed by atoms with E-state index in [1.807, 2.05) is 30.3 Å². The Balaban J connectivity index is 1.40. The van der Waals surface area contributed by atoms with Crippen LogP contribution in [0.3, 0.4) is 0 Å². The number of carboxylic acids is 1. The fraction of sp³-hybridized carbons (Fsp3) is 0.278. The summed E-state index contributed by atoms with van der Waals surface area (Å²) in [6.07, 6.45) is 5.94. The summed E-state index contributed by atoms with van der Waals surface area (Å²) >= 11 is 0. The molecule has 1 aliphatic rings. The first kappa shape index (κ1) is 17.0.